The van der Waals surface area contributed by atoms with Gasteiger partial charge in [-0.05, 0) is 37.1 Å². The number of thioether (sulfide) groups is 1. The topological polar surface area (TPSA) is 137 Å². The van der Waals surface area contributed by atoms with Crippen molar-refractivity contribution in [2.24, 2.45) is 0 Å². The van der Waals surface area contributed by atoms with E-state index in [-0.39, 0.29) is 11.9 Å². The van der Waals surface area contributed by atoms with E-state index in [9.17, 15) is 15.0 Å². The van der Waals surface area contributed by atoms with E-state index >= 15 is 0 Å². The van der Waals surface area contributed by atoms with Crippen LogP contribution in [0.3, 0.4) is 0 Å². The molecule has 2 aromatic heterocycles. The first-order valence-electron chi connectivity index (χ1n) is 11.3. The van der Waals surface area contributed by atoms with Crippen LogP contribution in [-0.2, 0) is 9.47 Å². The van der Waals surface area contributed by atoms with Gasteiger partial charge >= 0.3 is 0 Å². The quantitative estimate of drug-likeness (QED) is 0.356. The third-order valence-electron chi connectivity index (χ3n) is 6.04. The number of benzene rings is 1. The molecule has 0 bridgehead atoms. The number of rotatable bonds is 8. The number of aromatic nitrogens is 5. The number of hydrogen-bond acceptors (Lipinski definition) is 9. The maximum atomic E-state index is 12.9. The first-order valence-corrected chi connectivity index (χ1v) is 13.3. The Hall–Kier alpha value is -2.00. The van der Waals surface area contributed by atoms with Gasteiger partial charge in [0, 0.05) is 28.7 Å². The molecule has 3 N–H and O–H groups in total. The molecule has 3 aromatic rings. The van der Waals surface area contributed by atoms with Crippen LogP contribution in [0.1, 0.15) is 29.2 Å². The molecule has 0 radical (unpaired) electrons. The smallest absolute Gasteiger partial charge is 0.252 e. The van der Waals surface area contributed by atoms with Gasteiger partial charge in [-0.15, -0.1) is 5.10 Å². The van der Waals surface area contributed by atoms with Crippen molar-refractivity contribution in [3.05, 3.63) is 51.8 Å². The predicted octanol–water partition coefficient (Wildman–Crippen LogP) is 2.20. The molecule has 2 aliphatic rings. The van der Waals surface area contributed by atoms with Crippen molar-refractivity contribution in [2.75, 3.05) is 13.7 Å². The van der Waals surface area contributed by atoms with E-state index in [0.717, 1.165) is 17.3 Å². The van der Waals surface area contributed by atoms with Gasteiger partial charge in [-0.2, -0.15) is 5.10 Å². The van der Waals surface area contributed by atoms with Gasteiger partial charge in [-0.3, -0.25) is 4.79 Å². The number of aliphatic hydroxyl groups is 2. The van der Waals surface area contributed by atoms with Gasteiger partial charge in [0.25, 0.3) is 5.91 Å². The van der Waals surface area contributed by atoms with Gasteiger partial charge in [-0.1, -0.05) is 44.5 Å². The summed E-state index contributed by atoms with van der Waals surface area (Å²) in [6.45, 7) is -0.422. The summed E-state index contributed by atoms with van der Waals surface area (Å²) in [5.74, 6) is 0.234. The molecule has 2 fully saturated rings. The maximum absolute atomic E-state index is 12.9. The van der Waals surface area contributed by atoms with E-state index < -0.39 is 36.4 Å². The number of ether oxygens (including phenoxy) is 2. The highest BCUT2D eigenvalue weighted by atomic mass is 79.9. The van der Waals surface area contributed by atoms with Crippen molar-refractivity contribution in [3.8, 4) is 5.82 Å². The highest BCUT2D eigenvalue weighted by molar-refractivity contribution is 9.10. The first kappa shape index (κ1) is 25.6. The van der Waals surface area contributed by atoms with E-state index in [2.05, 4.69) is 36.7 Å². The van der Waals surface area contributed by atoms with Crippen LogP contribution in [0.5, 0.6) is 0 Å². The van der Waals surface area contributed by atoms with E-state index in [1.807, 2.05) is 12.1 Å². The molecule has 3 heterocycles. The number of hydrogen-bond donors (Lipinski definition) is 3. The Balaban J connectivity index is 1.45. The summed E-state index contributed by atoms with van der Waals surface area (Å²) in [6, 6.07) is 6.48. The molecule has 2 unspecified atom stereocenters. The average molecular weight is 600 g/mol. The zero-order chi connectivity index (χ0) is 25.4. The van der Waals surface area contributed by atoms with E-state index in [1.165, 1.54) is 28.2 Å². The Morgan fingerprint density at radius 2 is 2.19 bits per heavy atom. The fourth-order valence-corrected chi connectivity index (χ4v) is 6.04. The van der Waals surface area contributed by atoms with Gasteiger partial charge in [0.1, 0.15) is 29.8 Å². The summed E-state index contributed by atoms with van der Waals surface area (Å²) in [5.41, 5.74) is -0.176. The molecular formula is C22H24BrClN6O5S. The molecule has 1 aromatic carbocycles. The summed E-state index contributed by atoms with van der Waals surface area (Å²) in [5, 5.41) is 36.8. The minimum absolute atomic E-state index is 0.161. The molecule has 0 spiro atoms. The van der Waals surface area contributed by atoms with Crippen LogP contribution < -0.4 is 5.32 Å². The average Bonchev–Trinajstić information content (AvgIpc) is 3.35. The molecule has 1 aliphatic heterocycles. The van der Waals surface area contributed by atoms with Crippen LogP contribution in [0.4, 0.5) is 0 Å². The van der Waals surface area contributed by atoms with Crippen molar-refractivity contribution in [2.45, 2.75) is 53.6 Å². The molecule has 1 aliphatic carbocycles. The normalized spacial score (nSPS) is 26.2. The van der Waals surface area contributed by atoms with Crippen LogP contribution in [0.2, 0.25) is 5.15 Å². The molecule has 36 heavy (non-hydrogen) atoms. The van der Waals surface area contributed by atoms with Crippen LogP contribution in [0, 0.1) is 0 Å². The van der Waals surface area contributed by atoms with Crippen molar-refractivity contribution >= 4 is 45.2 Å². The summed E-state index contributed by atoms with van der Waals surface area (Å²) >= 11 is 10.7. The number of aliphatic hydroxyl groups excluding tert-OH is 2. The van der Waals surface area contributed by atoms with Gasteiger partial charge in [0.2, 0.25) is 0 Å². The SMILES string of the molecule is COC1[C@@H](Sc2cc(Br)ccc2C(=O)NC2CC2)OC(CO)[C@H](O)[C@@H]1n1cc(-n2ccc(Cl)n2)nn1. The minimum Gasteiger partial charge on any atom is -0.394 e. The van der Waals surface area contributed by atoms with E-state index in [1.54, 1.807) is 24.5 Å². The Bertz CT molecular complexity index is 1240. The second-order valence-electron chi connectivity index (χ2n) is 8.55. The summed E-state index contributed by atoms with van der Waals surface area (Å²) in [4.78, 5) is 13.6. The number of nitrogens with one attached hydrogen (secondary N) is 1. The van der Waals surface area contributed by atoms with Gasteiger partial charge in [-0.25, -0.2) is 9.36 Å². The van der Waals surface area contributed by atoms with Crippen LogP contribution in [0.25, 0.3) is 5.82 Å². The number of amides is 1. The maximum Gasteiger partial charge on any atom is 0.252 e. The predicted molar refractivity (Wildman–Crippen MR) is 134 cm³/mol. The van der Waals surface area contributed by atoms with Crippen LogP contribution in [-0.4, -0.2) is 84.4 Å². The first-order chi connectivity index (χ1) is 17.4. The zero-order valence-corrected chi connectivity index (χ0v) is 22.2. The lowest BCUT2D eigenvalue weighted by Gasteiger charge is -2.43. The third kappa shape index (κ3) is 5.32. The number of nitrogens with zero attached hydrogens (tertiary/aromatic N) is 5. The zero-order valence-electron chi connectivity index (χ0n) is 19.1. The van der Waals surface area contributed by atoms with Crippen molar-refractivity contribution in [1.29, 1.82) is 0 Å². The van der Waals surface area contributed by atoms with Crippen molar-refractivity contribution < 1.29 is 24.5 Å². The Morgan fingerprint density at radius 3 is 2.86 bits per heavy atom. The Labute approximate surface area is 224 Å². The number of methoxy groups -OCH3 is 1. The number of carbonyl (C=O) groups is 1. The Kier molecular flexibility index (Phi) is 7.67. The standard InChI is InChI=1S/C22H24BrClN6O5S/c1-34-20-18(30-9-17(26-28-30)29-7-6-16(24)27-29)19(32)14(10-31)35-22(20)36-15-8-11(23)2-5-13(15)21(33)25-12-3-4-12/h2,5-9,12,14,18-20,22,31-32H,3-4,10H2,1H3,(H,25,33)/t14?,18-,19-,20?,22+/m0/s1. The highest BCUT2D eigenvalue weighted by Gasteiger charge is 2.47. The lowest BCUT2D eigenvalue weighted by molar-refractivity contribution is -0.186. The van der Waals surface area contributed by atoms with Gasteiger partial charge in [0.05, 0.1) is 18.4 Å². The minimum atomic E-state index is -1.15. The molecule has 1 amide bonds. The molecule has 5 rings (SSSR count). The molecule has 11 nitrogen and oxygen atoms in total. The molecule has 1 saturated heterocycles. The number of halogens is 2. The second-order valence-corrected chi connectivity index (χ2v) is 11.0. The Morgan fingerprint density at radius 1 is 1.39 bits per heavy atom. The molecular weight excluding hydrogens is 576 g/mol. The van der Waals surface area contributed by atoms with Crippen molar-refractivity contribution in [1.82, 2.24) is 30.1 Å². The second kappa shape index (κ2) is 10.8. The fraction of sp³-hybridized carbons (Fsp3) is 0.455. The fourth-order valence-electron chi connectivity index (χ4n) is 4.05. The largest absolute Gasteiger partial charge is 0.394 e. The third-order valence-corrected chi connectivity index (χ3v) is 7.93. The molecule has 192 valence electrons. The summed E-state index contributed by atoms with van der Waals surface area (Å²) in [6.07, 6.45) is 2.44. The van der Waals surface area contributed by atoms with Gasteiger partial charge < -0.3 is 25.0 Å². The lowest BCUT2D eigenvalue weighted by atomic mass is 9.97. The van der Waals surface area contributed by atoms with E-state index in [0.29, 0.717) is 21.4 Å². The van der Waals surface area contributed by atoms with Gasteiger partial charge in [0.15, 0.2) is 11.0 Å². The van der Waals surface area contributed by atoms with Crippen LogP contribution >= 0.6 is 39.3 Å². The lowest BCUT2D eigenvalue weighted by Crippen LogP contribution is -2.55. The summed E-state index contributed by atoms with van der Waals surface area (Å²) in [7, 11) is 1.51. The summed E-state index contributed by atoms with van der Waals surface area (Å²) < 4.78 is 15.6. The molecule has 5 atom stereocenters. The number of carbonyl (C=O) groups excluding carboxylic acids is 1. The highest BCUT2D eigenvalue weighted by Crippen LogP contribution is 2.41. The van der Waals surface area contributed by atoms with E-state index in [4.69, 9.17) is 21.1 Å². The molecule has 14 heteroatoms. The van der Waals surface area contributed by atoms with Crippen molar-refractivity contribution in [3.63, 3.8) is 0 Å². The monoisotopic (exact) mass is 598 g/mol. The molecule has 1 saturated carbocycles. The van der Waals surface area contributed by atoms with Crippen LogP contribution in [0.15, 0.2) is 46.0 Å².